The Balaban J connectivity index is 0.000000179. The van der Waals surface area contributed by atoms with Crippen LogP contribution in [-0.4, -0.2) is 17.7 Å². The van der Waals surface area contributed by atoms with Gasteiger partial charge in [-0.1, -0.05) is 36.4 Å². The fourth-order valence-electron chi connectivity index (χ4n) is 0.898. The van der Waals surface area contributed by atoms with Gasteiger partial charge >= 0.3 is 7.69 Å². The highest BCUT2D eigenvalue weighted by Gasteiger charge is 1.99. The molecule has 2 N–H and O–H groups in total. The highest BCUT2D eigenvalue weighted by molar-refractivity contribution is 6.13. The van der Waals surface area contributed by atoms with Crippen LogP contribution in [0.2, 0.25) is 0 Å². The third-order valence-electron chi connectivity index (χ3n) is 1.44. The molecule has 0 saturated carbocycles. The largest absolute Gasteiger partial charge is 0.482 e. The van der Waals surface area contributed by atoms with Crippen molar-refractivity contribution in [3.05, 3.63) is 35.4 Å². The Morgan fingerprint density at radius 1 is 0.909 bits per heavy atom. The van der Waals surface area contributed by atoms with Crippen molar-refractivity contribution in [2.45, 2.75) is 0 Å². The molecule has 0 saturated heterocycles. The molecule has 0 aliphatic heterocycles. The summed E-state index contributed by atoms with van der Waals surface area (Å²) < 4.78 is 0. The standard InChI is InChI=1S/C8H6.BH2O2/c1-2-4-8-6-5-7(8)3-1;2-1-3/h1-6H;2-3H. The number of hydrogen-bond donors (Lipinski definition) is 2. The van der Waals surface area contributed by atoms with Gasteiger partial charge in [0.05, 0.1) is 0 Å². The van der Waals surface area contributed by atoms with Crippen LogP contribution < -0.4 is 0 Å². The van der Waals surface area contributed by atoms with E-state index in [1.54, 1.807) is 0 Å². The number of benzene rings is 1. The van der Waals surface area contributed by atoms with E-state index < -0.39 is 0 Å². The van der Waals surface area contributed by atoms with Crippen LogP contribution in [0.4, 0.5) is 0 Å². The van der Waals surface area contributed by atoms with Crippen LogP contribution in [0.3, 0.4) is 0 Å². The lowest BCUT2D eigenvalue weighted by atomic mass is 9.99. The molecule has 0 heterocycles. The summed E-state index contributed by atoms with van der Waals surface area (Å²) in [6, 6.07) is 8.36. The van der Waals surface area contributed by atoms with E-state index in [1.165, 1.54) is 11.1 Å². The minimum absolute atomic E-state index is 0. The van der Waals surface area contributed by atoms with Crippen molar-refractivity contribution in [3.8, 4) is 0 Å². The van der Waals surface area contributed by atoms with E-state index in [2.05, 4.69) is 36.4 Å². The molecule has 0 fully saturated rings. The highest BCUT2D eigenvalue weighted by Crippen LogP contribution is 2.21. The van der Waals surface area contributed by atoms with Crippen LogP contribution in [0.15, 0.2) is 24.3 Å². The van der Waals surface area contributed by atoms with Gasteiger partial charge in [-0.25, -0.2) is 0 Å². The normalized spacial score (nSPS) is 10.4. The molecule has 55 valence electrons. The number of rotatable bonds is 0. The van der Waals surface area contributed by atoms with Crippen LogP contribution in [0.25, 0.3) is 12.2 Å². The van der Waals surface area contributed by atoms with Gasteiger partial charge < -0.3 is 10.0 Å². The first-order chi connectivity index (χ1) is 5.38. The van der Waals surface area contributed by atoms with Crippen LogP contribution >= 0.6 is 0 Å². The molecule has 0 amide bonds. The summed E-state index contributed by atoms with van der Waals surface area (Å²) >= 11 is 0. The van der Waals surface area contributed by atoms with Gasteiger partial charge in [-0.3, -0.25) is 0 Å². The molecule has 1 radical (unpaired) electrons. The van der Waals surface area contributed by atoms with Gasteiger partial charge in [0, 0.05) is 0 Å². The molecular formula is C8H8BO2. The molecule has 0 bridgehead atoms. The van der Waals surface area contributed by atoms with Gasteiger partial charge in [0.2, 0.25) is 0 Å². The molecule has 1 aliphatic rings. The minimum atomic E-state index is 0. The second-order valence-electron chi connectivity index (χ2n) is 2.08. The summed E-state index contributed by atoms with van der Waals surface area (Å²) in [6.07, 6.45) is 4.24. The summed E-state index contributed by atoms with van der Waals surface area (Å²) in [5.41, 5.74) is 2.74. The van der Waals surface area contributed by atoms with Crippen LogP contribution in [-0.2, 0) is 0 Å². The smallest absolute Gasteiger partial charge is 0.429 e. The van der Waals surface area contributed by atoms with E-state index in [-0.39, 0.29) is 7.69 Å². The van der Waals surface area contributed by atoms with E-state index in [9.17, 15) is 0 Å². The van der Waals surface area contributed by atoms with Gasteiger partial charge in [-0.2, -0.15) is 0 Å². The zero-order valence-corrected chi connectivity index (χ0v) is 5.94. The zero-order valence-electron chi connectivity index (χ0n) is 5.94. The van der Waals surface area contributed by atoms with E-state index in [1.807, 2.05) is 0 Å². The lowest BCUT2D eigenvalue weighted by Gasteiger charge is -2.06. The minimum Gasteiger partial charge on any atom is -0.429 e. The molecule has 0 aromatic heterocycles. The summed E-state index contributed by atoms with van der Waals surface area (Å²) in [5, 5.41) is 14.0. The van der Waals surface area contributed by atoms with Crippen LogP contribution in [0, 0.1) is 0 Å². The maximum Gasteiger partial charge on any atom is 0.482 e. The van der Waals surface area contributed by atoms with Crippen molar-refractivity contribution in [2.24, 2.45) is 0 Å². The quantitative estimate of drug-likeness (QED) is 0.537. The Hall–Kier alpha value is -1.06. The third-order valence-corrected chi connectivity index (χ3v) is 1.44. The van der Waals surface area contributed by atoms with Gasteiger partial charge in [0.25, 0.3) is 0 Å². The second kappa shape index (κ2) is 3.96. The number of fused-ring (bicyclic) bond motifs is 1. The SMILES string of the molecule is C1=Cc2ccccc21.O[B]O. The Kier molecular flexibility index (Phi) is 2.89. The van der Waals surface area contributed by atoms with Crippen molar-refractivity contribution >= 4 is 19.8 Å². The summed E-state index contributed by atoms with van der Waals surface area (Å²) in [5.74, 6) is 0. The van der Waals surface area contributed by atoms with Crippen molar-refractivity contribution in [2.75, 3.05) is 0 Å². The fraction of sp³-hybridized carbons (Fsp3) is 0. The molecule has 11 heavy (non-hydrogen) atoms. The second-order valence-corrected chi connectivity index (χ2v) is 2.08. The lowest BCUT2D eigenvalue weighted by molar-refractivity contribution is 0.448. The fourth-order valence-corrected chi connectivity index (χ4v) is 0.898. The molecule has 1 aromatic rings. The molecule has 2 nitrogen and oxygen atoms in total. The molecule has 1 aliphatic carbocycles. The van der Waals surface area contributed by atoms with Crippen molar-refractivity contribution in [3.63, 3.8) is 0 Å². The molecule has 1 aromatic carbocycles. The lowest BCUT2D eigenvalue weighted by Crippen LogP contribution is -1.85. The Labute approximate surface area is 66.1 Å². The number of hydrogen-bond acceptors (Lipinski definition) is 2. The maximum atomic E-state index is 7.00. The monoisotopic (exact) mass is 147 g/mol. The van der Waals surface area contributed by atoms with E-state index >= 15 is 0 Å². The molecule has 2 rings (SSSR count). The third kappa shape index (κ3) is 1.93. The van der Waals surface area contributed by atoms with Gasteiger partial charge in [-0.05, 0) is 11.1 Å². The van der Waals surface area contributed by atoms with Crippen molar-refractivity contribution < 1.29 is 10.0 Å². The van der Waals surface area contributed by atoms with Crippen LogP contribution in [0.5, 0.6) is 0 Å². The van der Waals surface area contributed by atoms with E-state index in [0.717, 1.165) is 0 Å². The van der Waals surface area contributed by atoms with E-state index in [4.69, 9.17) is 10.0 Å². The predicted octanol–water partition coefficient (Wildman–Crippen LogP) is 0.676. The van der Waals surface area contributed by atoms with Crippen molar-refractivity contribution in [1.29, 1.82) is 0 Å². The maximum absolute atomic E-state index is 7.00. The Morgan fingerprint density at radius 3 is 1.45 bits per heavy atom. The summed E-state index contributed by atoms with van der Waals surface area (Å²) in [4.78, 5) is 0. The molecular weight excluding hydrogens is 139 g/mol. The van der Waals surface area contributed by atoms with E-state index in [0.29, 0.717) is 0 Å². The zero-order chi connectivity index (χ0) is 8.10. The first-order valence-corrected chi connectivity index (χ1v) is 3.25. The Bertz CT molecular complexity index is 233. The summed E-state index contributed by atoms with van der Waals surface area (Å²) in [6.45, 7) is 0. The molecule has 0 unspecified atom stereocenters. The summed E-state index contributed by atoms with van der Waals surface area (Å²) in [7, 11) is 0. The van der Waals surface area contributed by atoms with Crippen LogP contribution in [0.1, 0.15) is 11.1 Å². The van der Waals surface area contributed by atoms with Crippen molar-refractivity contribution in [1.82, 2.24) is 0 Å². The molecule has 0 spiro atoms. The molecule has 0 atom stereocenters. The highest BCUT2D eigenvalue weighted by atomic mass is 16.4. The molecule has 3 heteroatoms. The average Bonchev–Trinajstić information content (AvgIpc) is 1.94. The van der Waals surface area contributed by atoms with Gasteiger partial charge in [0.15, 0.2) is 0 Å². The van der Waals surface area contributed by atoms with Gasteiger partial charge in [-0.15, -0.1) is 0 Å². The average molecular weight is 147 g/mol. The first kappa shape index (κ1) is 8.05. The first-order valence-electron chi connectivity index (χ1n) is 3.25. The predicted molar refractivity (Wildman–Crippen MR) is 45.6 cm³/mol. The Morgan fingerprint density at radius 2 is 1.27 bits per heavy atom. The topological polar surface area (TPSA) is 40.5 Å². The van der Waals surface area contributed by atoms with Gasteiger partial charge in [0.1, 0.15) is 0 Å².